The largest absolute Gasteiger partial charge is 0.460 e. The van der Waals surface area contributed by atoms with E-state index in [9.17, 15) is 19.8 Å². The minimum absolute atomic E-state index is 0.120. The van der Waals surface area contributed by atoms with E-state index in [2.05, 4.69) is 13.2 Å². The summed E-state index contributed by atoms with van der Waals surface area (Å²) in [6, 6.07) is 0. The number of carbonyl (C=O) groups excluding carboxylic acids is 2. The van der Waals surface area contributed by atoms with Crippen molar-refractivity contribution in [1.29, 1.82) is 0 Å². The Balaban J connectivity index is 3.83. The highest BCUT2D eigenvalue weighted by atomic mass is 16.7. The van der Waals surface area contributed by atoms with Crippen LogP contribution in [0.15, 0.2) is 24.3 Å². The molecule has 0 aromatic heterocycles. The maximum Gasteiger partial charge on any atom is 0.333 e. The van der Waals surface area contributed by atoms with Gasteiger partial charge >= 0.3 is 11.9 Å². The van der Waals surface area contributed by atoms with Crippen LogP contribution in [0.1, 0.15) is 20.8 Å². The first-order valence-corrected chi connectivity index (χ1v) is 7.38. The molecule has 2 N–H and O–H groups in total. The average molecular weight is 346 g/mol. The maximum atomic E-state index is 11.1. The highest BCUT2D eigenvalue weighted by molar-refractivity contribution is 5.87. The molecular weight excluding hydrogens is 320 g/mol. The Labute approximate surface area is 141 Å². The first kappa shape index (κ1) is 22.3. The van der Waals surface area contributed by atoms with Crippen LogP contribution in [-0.2, 0) is 28.5 Å². The highest BCUT2D eigenvalue weighted by Gasteiger charge is 2.14. The fourth-order valence-corrected chi connectivity index (χ4v) is 1.23. The summed E-state index contributed by atoms with van der Waals surface area (Å²) in [5.41, 5.74) is 0.474. The van der Waals surface area contributed by atoms with E-state index in [-0.39, 0.29) is 37.6 Å². The molecule has 2 atom stereocenters. The number of ether oxygens (including phenoxy) is 4. The van der Waals surface area contributed by atoms with Crippen LogP contribution in [0.5, 0.6) is 0 Å². The molecule has 0 bridgehead atoms. The summed E-state index contributed by atoms with van der Waals surface area (Å²) < 4.78 is 19.9. The lowest BCUT2D eigenvalue weighted by molar-refractivity contribution is -0.172. The van der Waals surface area contributed by atoms with E-state index in [1.54, 1.807) is 6.92 Å². The standard InChI is InChI=1S/C16H26O8/c1-10(2)15(19)23-8-13(17)6-21-12(5)22-7-14(18)9-24-16(20)11(3)4/h12-14,17-18H,1,3,6-9H2,2,4-5H3. The molecule has 0 saturated heterocycles. The quantitative estimate of drug-likeness (QED) is 0.295. The van der Waals surface area contributed by atoms with Crippen LogP contribution in [0.25, 0.3) is 0 Å². The third kappa shape index (κ3) is 10.9. The van der Waals surface area contributed by atoms with Gasteiger partial charge in [0.05, 0.1) is 13.2 Å². The Kier molecular flexibility index (Phi) is 10.9. The van der Waals surface area contributed by atoms with E-state index >= 15 is 0 Å². The molecule has 0 rings (SSSR count). The van der Waals surface area contributed by atoms with Gasteiger partial charge in [-0.05, 0) is 20.8 Å². The second kappa shape index (κ2) is 11.7. The molecule has 0 spiro atoms. The molecule has 0 radical (unpaired) electrons. The van der Waals surface area contributed by atoms with Crippen molar-refractivity contribution in [3.8, 4) is 0 Å². The van der Waals surface area contributed by atoms with Gasteiger partial charge in [-0.15, -0.1) is 0 Å². The monoisotopic (exact) mass is 346 g/mol. The Morgan fingerprint density at radius 2 is 1.17 bits per heavy atom. The molecule has 0 aliphatic carbocycles. The second-order valence-corrected chi connectivity index (χ2v) is 5.30. The van der Waals surface area contributed by atoms with Crippen molar-refractivity contribution in [2.45, 2.75) is 39.3 Å². The molecule has 24 heavy (non-hydrogen) atoms. The van der Waals surface area contributed by atoms with E-state index in [1.165, 1.54) is 13.8 Å². The third-order valence-corrected chi connectivity index (χ3v) is 2.56. The van der Waals surface area contributed by atoms with Crippen LogP contribution < -0.4 is 0 Å². The molecule has 0 amide bonds. The van der Waals surface area contributed by atoms with E-state index in [1.807, 2.05) is 0 Å². The molecule has 0 fully saturated rings. The van der Waals surface area contributed by atoms with Crippen LogP contribution in [-0.4, -0.2) is 67.1 Å². The van der Waals surface area contributed by atoms with E-state index in [0.717, 1.165) is 0 Å². The first-order valence-electron chi connectivity index (χ1n) is 7.38. The van der Waals surface area contributed by atoms with E-state index in [4.69, 9.17) is 18.9 Å². The van der Waals surface area contributed by atoms with Crippen LogP contribution in [0.3, 0.4) is 0 Å². The fourth-order valence-electron chi connectivity index (χ4n) is 1.23. The Hall–Kier alpha value is -1.74. The summed E-state index contributed by atoms with van der Waals surface area (Å²) in [5.74, 6) is -1.18. The van der Waals surface area contributed by atoms with Gasteiger partial charge in [0, 0.05) is 11.1 Å². The van der Waals surface area contributed by atoms with E-state index in [0.29, 0.717) is 0 Å². The van der Waals surface area contributed by atoms with Gasteiger partial charge in [-0.2, -0.15) is 0 Å². The average Bonchev–Trinajstić information content (AvgIpc) is 2.52. The number of aliphatic hydroxyl groups excluding tert-OH is 2. The minimum atomic E-state index is -1.01. The van der Waals surface area contributed by atoms with Gasteiger partial charge in [-0.1, -0.05) is 13.2 Å². The summed E-state index contributed by atoms with van der Waals surface area (Å²) in [5, 5.41) is 19.2. The van der Waals surface area contributed by atoms with Gasteiger partial charge in [0.25, 0.3) is 0 Å². The molecule has 0 heterocycles. The zero-order valence-corrected chi connectivity index (χ0v) is 14.3. The molecule has 138 valence electrons. The lowest BCUT2D eigenvalue weighted by atomic mass is 10.3. The van der Waals surface area contributed by atoms with Crippen molar-refractivity contribution in [2.24, 2.45) is 0 Å². The van der Waals surface area contributed by atoms with Crippen LogP contribution in [0.2, 0.25) is 0 Å². The molecule has 8 nitrogen and oxygen atoms in total. The lowest BCUT2D eigenvalue weighted by Crippen LogP contribution is -2.30. The first-order chi connectivity index (χ1) is 11.1. The Morgan fingerprint density at radius 3 is 1.46 bits per heavy atom. The smallest absolute Gasteiger partial charge is 0.333 e. The fraction of sp³-hybridized carbons (Fsp3) is 0.625. The number of hydrogen-bond donors (Lipinski definition) is 2. The predicted molar refractivity (Wildman–Crippen MR) is 84.9 cm³/mol. The Bertz CT molecular complexity index is 405. The van der Waals surface area contributed by atoms with Crippen molar-refractivity contribution in [3.63, 3.8) is 0 Å². The molecule has 0 aliphatic heterocycles. The second-order valence-electron chi connectivity index (χ2n) is 5.30. The van der Waals surface area contributed by atoms with Gasteiger partial charge in [0.2, 0.25) is 0 Å². The number of aliphatic hydroxyl groups is 2. The third-order valence-electron chi connectivity index (χ3n) is 2.56. The number of hydrogen-bond acceptors (Lipinski definition) is 8. The van der Waals surface area contributed by atoms with Gasteiger partial charge < -0.3 is 29.2 Å². The summed E-state index contributed by atoms with van der Waals surface area (Å²) in [4.78, 5) is 22.3. The number of rotatable bonds is 12. The topological polar surface area (TPSA) is 112 Å². The van der Waals surface area contributed by atoms with Crippen molar-refractivity contribution >= 4 is 11.9 Å². The van der Waals surface area contributed by atoms with Crippen LogP contribution in [0.4, 0.5) is 0 Å². The minimum Gasteiger partial charge on any atom is -0.460 e. The summed E-state index contributed by atoms with van der Waals surface area (Å²) in [6.07, 6.45) is -2.75. The normalized spacial score (nSPS) is 14.4. The maximum absolute atomic E-state index is 11.1. The highest BCUT2D eigenvalue weighted by Crippen LogP contribution is 2.01. The van der Waals surface area contributed by atoms with Crippen molar-refractivity contribution < 1.29 is 38.7 Å². The van der Waals surface area contributed by atoms with Crippen LogP contribution >= 0.6 is 0 Å². The number of carbonyl (C=O) groups is 2. The predicted octanol–water partition coefficient (Wildman–Crippen LogP) is 0.326. The van der Waals surface area contributed by atoms with Gasteiger partial charge in [0.1, 0.15) is 25.4 Å². The summed E-state index contributed by atoms with van der Waals surface area (Å²) >= 11 is 0. The van der Waals surface area contributed by atoms with Crippen molar-refractivity contribution in [2.75, 3.05) is 26.4 Å². The molecule has 0 saturated carbocycles. The summed E-state index contributed by atoms with van der Waals surface area (Å²) in [7, 11) is 0. The van der Waals surface area contributed by atoms with Gasteiger partial charge in [-0.25, -0.2) is 9.59 Å². The van der Waals surface area contributed by atoms with Crippen LogP contribution in [0, 0.1) is 0 Å². The van der Waals surface area contributed by atoms with Gasteiger partial charge in [0.15, 0.2) is 6.29 Å². The number of esters is 2. The SMILES string of the molecule is C=C(C)C(=O)OCC(O)COC(C)OCC(O)COC(=O)C(=C)C. The Morgan fingerprint density at radius 1 is 0.833 bits per heavy atom. The van der Waals surface area contributed by atoms with Gasteiger partial charge in [-0.3, -0.25) is 0 Å². The summed E-state index contributed by atoms with van der Waals surface area (Å²) in [6.45, 7) is 10.7. The lowest BCUT2D eigenvalue weighted by Gasteiger charge is -2.19. The van der Waals surface area contributed by atoms with E-state index < -0.39 is 30.4 Å². The zero-order chi connectivity index (χ0) is 18.7. The molecular formula is C16H26O8. The van der Waals surface area contributed by atoms with Crippen molar-refractivity contribution in [1.82, 2.24) is 0 Å². The van der Waals surface area contributed by atoms with Crippen molar-refractivity contribution in [3.05, 3.63) is 24.3 Å². The molecule has 0 aromatic carbocycles. The zero-order valence-electron chi connectivity index (χ0n) is 14.3. The molecule has 0 aliphatic rings. The molecule has 2 unspecified atom stereocenters. The molecule has 8 heteroatoms. The molecule has 0 aromatic rings.